The lowest BCUT2D eigenvalue weighted by Gasteiger charge is -2.36. The number of amides is 1. The molecule has 1 aliphatic rings. The average molecular weight is 687 g/mol. The van der Waals surface area contributed by atoms with Gasteiger partial charge in [-0.2, -0.15) is 0 Å². The second kappa shape index (κ2) is 20.8. The lowest BCUT2D eigenvalue weighted by Crippen LogP contribution is -2.32. The van der Waals surface area contributed by atoms with Crippen molar-refractivity contribution in [3.63, 3.8) is 0 Å². The summed E-state index contributed by atoms with van der Waals surface area (Å²) in [6, 6.07) is 15.8. The normalized spacial score (nSPS) is 18.0. The summed E-state index contributed by atoms with van der Waals surface area (Å²) in [5.74, 6) is 0.104. The zero-order valence-electron chi connectivity index (χ0n) is 28.0. The summed E-state index contributed by atoms with van der Waals surface area (Å²) in [5, 5.41) is 13.2. The number of carbonyl (C=O) groups excluding carboxylic acids is 1. The highest BCUT2D eigenvalue weighted by atomic mass is 35.5. The molecular formula is C38H53Cl2N3O4. The standard InChI is InChI=1S/C38H53Cl2N3O4/c1-2-3-4-5-6-7-8-9-10-11-12-13-14-15-35(45)41-25-29-16-22-32(23-17-29)38-46-33(26-43-28-42-36(39)37(43)40)24-34(47-38)31-20-18-30(27-44)19-21-31/h16-23,28,33-34,38,44H,2-15,24-27H2,1H3,(H,41,45)/t33-,34+,38?/m0/s1. The second-order valence-corrected chi connectivity index (χ2v) is 13.6. The summed E-state index contributed by atoms with van der Waals surface area (Å²) in [4.78, 5) is 16.6. The minimum Gasteiger partial charge on any atom is -0.392 e. The van der Waals surface area contributed by atoms with Gasteiger partial charge < -0.3 is 24.5 Å². The fourth-order valence-corrected chi connectivity index (χ4v) is 6.42. The Kier molecular flexibility index (Phi) is 16.6. The molecule has 2 N–H and O–H groups in total. The highest BCUT2D eigenvalue weighted by Gasteiger charge is 2.33. The molecule has 3 atom stereocenters. The van der Waals surface area contributed by atoms with Gasteiger partial charge in [-0.1, -0.05) is 156 Å². The first-order valence-corrected chi connectivity index (χ1v) is 18.4. The number of carbonyl (C=O) groups is 1. The number of benzene rings is 2. The first-order chi connectivity index (χ1) is 23.0. The van der Waals surface area contributed by atoms with Crippen LogP contribution in [0.2, 0.25) is 10.3 Å². The summed E-state index contributed by atoms with van der Waals surface area (Å²) in [6.07, 6.45) is 18.7. The molecule has 1 amide bonds. The minimum atomic E-state index is -0.590. The van der Waals surface area contributed by atoms with Gasteiger partial charge >= 0.3 is 0 Å². The number of imidazole rings is 1. The third-order valence-corrected chi connectivity index (χ3v) is 9.77. The van der Waals surface area contributed by atoms with Gasteiger partial charge in [0.2, 0.25) is 5.91 Å². The largest absolute Gasteiger partial charge is 0.392 e. The van der Waals surface area contributed by atoms with Gasteiger partial charge in [0.05, 0.1) is 31.7 Å². The summed E-state index contributed by atoms with van der Waals surface area (Å²) < 4.78 is 14.6. The average Bonchev–Trinajstić information content (AvgIpc) is 3.41. The molecule has 7 nitrogen and oxygen atoms in total. The number of nitrogens with zero attached hydrogens (tertiary/aromatic N) is 2. The molecule has 0 radical (unpaired) electrons. The zero-order chi connectivity index (χ0) is 33.3. The van der Waals surface area contributed by atoms with E-state index in [1.807, 2.05) is 48.5 Å². The Bertz CT molecular complexity index is 1320. The molecule has 1 unspecified atom stereocenters. The van der Waals surface area contributed by atoms with Crippen molar-refractivity contribution in [1.29, 1.82) is 0 Å². The van der Waals surface area contributed by atoms with E-state index >= 15 is 0 Å². The van der Waals surface area contributed by atoms with Crippen LogP contribution >= 0.6 is 23.2 Å². The van der Waals surface area contributed by atoms with E-state index in [1.54, 1.807) is 10.9 Å². The van der Waals surface area contributed by atoms with Crippen LogP contribution in [0.4, 0.5) is 0 Å². The predicted molar refractivity (Wildman–Crippen MR) is 189 cm³/mol. The van der Waals surface area contributed by atoms with Gasteiger partial charge in [0.1, 0.15) is 5.15 Å². The number of halogens is 2. The minimum absolute atomic E-state index is 0.00764. The Morgan fingerprint density at radius 3 is 1.98 bits per heavy atom. The number of unbranched alkanes of at least 4 members (excludes halogenated alkanes) is 12. The number of aliphatic hydroxyl groups excluding tert-OH is 1. The van der Waals surface area contributed by atoms with E-state index in [1.165, 1.54) is 70.6 Å². The summed E-state index contributed by atoms with van der Waals surface area (Å²) in [5.41, 5.74) is 3.78. The molecule has 0 bridgehead atoms. The maximum absolute atomic E-state index is 12.5. The van der Waals surface area contributed by atoms with E-state index in [0.29, 0.717) is 31.1 Å². The smallest absolute Gasteiger partial charge is 0.220 e. The molecule has 2 aromatic carbocycles. The molecule has 3 aromatic rings. The van der Waals surface area contributed by atoms with Crippen LogP contribution in [0.25, 0.3) is 0 Å². The maximum Gasteiger partial charge on any atom is 0.220 e. The van der Waals surface area contributed by atoms with Crippen molar-refractivity contribution in [1.82, 2.24) is 14.9 Å². The van der Waals surface area contributed by atoms with Crippen LogP contribution < -0.4 is 5.32 Å². The van der Waals surface area contributed by atoms with Gasteiger partial charge in [-0.25, -0.2) is 4.98 Å². The quantitative estimate of drug-likeness (QED) is 0.109. The Hall–Kier alpha value is -2.42. The van der Waals surface area contributed by atoms with Gasteiger partial charge in [0, 0.05) is 24.9 Å². The molecule has 9 heteroatoms. The molecule has 4 rings (SSSR count). The number of hydrogen-bond acceptors (Lipinski definition) is 5. The Morgan fingerprint density at radius 2 is 1.40 bits per heavy atom. The van der Waals surface area contributed by atoms with Crippen LogP contribution in [-0.2, 0) is 34.0 Å². The van der Waals surface area contributed by atoms with Crippen LogP contribution in [0.3, 0.4) is 0 Å². The summed E-state index contributed by atoms with van der Waals surface area (Å²) >= 11 is 12.4. The maximum atomic E-state index is 12.5. The first kappa shape index (κ1) is 37.4. The van der Waals surface area contributed by atoms with E-state index in [9.17, 15) is 9.90 Å². The van der Waals surface area contributed by atoms with Crippen LogP contribution in [0.5, 0.6) is 0 Å². The molecule has 1 aromatic heterocycles. The Balaban J connectivity index is 1.19. The van der Waals surface area contributed by atoms with E-state index in [-0.39, 0.29) is 29.9 Å². The molecule has 258 valence electrons. The van der Waals surface area contributed by atoms with E-state index < -0.39 is 6.29 Å². The van der Waals surface area contributed by atoms with Gasteiger partial charge in [0.25, 0.3) is 0 Å². The van der Waals surface area contributed by atoms with Crippen molar-refractivity contribution in [2.24, 2.45) is 0 Å². The fourth-order valence-electron chi connectivity index (χ4n) is 6.11. The molecule has 0 aliphatic carbocycles. The van der Waals surface area contributed by atoms with Crippen molar-refractivity contribution in [3.8, 4) is 0 Å². The first-order valence-electron chi connectivity index (χ1n) is 17.7. The van der Waals surface area contributed by atoms with Crippen LogP contribution in [0.1, 0.15) is 138 Å². The highest BCUT2D eigenvalue weighted by Crippen LogP contribution is 2.39. The number of aliphatic hydroxyl groups is 1. The van der Waals surface area contributed by atoms with Gasteiger partial charge in [0.15, 0.2) is 11.4 Å². The van der Waals surface area contributed by atoms with E-state index in [4.69, 9.17) is 32.7 Å². The number of aromatic nitrogens is 2. The molecule has 1 fully saturated rings. The summed E-state index contributed by atoms with van der Waals surface area (Å²) in [7, 11) is 0. The van der Waals surface area contributed by atoms with Crippen molar-refractivity contribution < 1.29 is 19.4 Å². The third kappa shape index (κ3) is 12.8. The molecule has 47 heavy (non-hydrogen) atoms. The molecule has 0 saturated carbocycles. The number of ether oxygens (including phenoxy) is 2. The van der Waals surface area contributed by atoms with Crippen LogP contribution in [-0.4, -0.2) is 26.7 Å². The third-order valence-electron chi connectivity index (χ3n) is 9.00. The van der Waals surface area contributed by atoms with Crippen molar-refractivity contribution in [3.05, 3.63) is 87.4 Å². The molecule has 1 aliphatic heterocycles. The van der Waals surface area contributed by atoms with Gasteiger partial charge in [-0.05, 0) is 23.1 Å². The molecule has 0 spiro atoms. The molecular weight excluding hydrogens is 633 g/mol. The number of nitrogens with one attached hydrogen (secondary N) is 1. The van der Waals surface area contributed by atoms with Crippen LogP contribution in [0, 0.1) is 0 Å². The monoisotopic (exact) mass is 685 g/mol. The highest BCUT2D eigenvalue weighted by molar-refractivity contribution is 6.40. The van der Waals surface area contributed by atoms with Gasteiger partial charge in [-0.3, -0.25) is 4.79 Å². The number of hydrogen-bond donors (Lipinski definition) is 2. The molecule has 2 heterocycles. The molecule has 1 saturated heterocycles. The Morgan fingerprint density at radius 1 is 0.830 bits per heavy atom. The predicted octanol–water partition coefficient (Wildman–Crippen LogP) is 10.0. The second-order valence-electron chi connectivity index (χ2n) is 12.8. The zero-order valence-corrected chi connectivity index (χ0v) is 29.5. The van der Waals surface area contributed by atoms with Crippen LogP contribution in [0.15, 0.2) is 54.9 Å². The van der Waals surface area contributed by atoms with E-state index in [0.717, 1.165) is 35.1 Å². The van der Waals surface area contributed by atoms with Crippen molar-refractivity contribution >= 4 is 29.1 Å². The fraction of sp³-hybridized carbons (Fsp3) is 0.579. The number of rotatable bonds is 21. The Labute approximate surface area is 291 Å². The SMILES string of the molecule is CCCCCCCCCCCCCCCC(=O)NCc1ccc(C2O[C@H](Cn3cnc(Cl)c3Cl)C[C@H](c3ccc(CO)cc3)O2)cc1. The lowest BCUT2D eigenvalue weighted by atomic mass is 10.00. The summed E-state index contributed by atoms with van der Waals surface area (Å²) in [6.45, 7) is 3.23. The van der Waals surface area contributed by atoms with E-state index in [2.05, 4.69) is 17.2 Å². The topological polar surface area (TPSA) is 85.6 Å². The lowest BCUT2D eigenvalue weighted by molar-refractivity contribution is -0.252. The van der Waals surface area contributed by atoms with Crippen molar-refractivity contribution in [2.75, 3.05) is 0 Å². The van der Waals surface area contributed by atoms with Crippen molar-refractivity contribution in [2.45, 2.75) is 141 Å². The van der Waals surface area contributed by atoms with Gasteiger partial charge in [-0.15, -0.1) is 0 Å².